The van der Waals surface area contributed by atoms with Gasteiger partial charge in [-0.3, -0.25) is 0 Å². The highest BCUT2D eigenvalue weighted by atomic mass is 16.3. The number of hydrogen-bond donors (Lipinski definition) is 3. The topological polar surface area (TPSA) is 60.7 Å². The molecule has 4 aliphatic rings. The molecule has 0 amide bonds. The van der Waals surface area contributed by atoms with Gasteiger partial charge in [0.25, 0.3) is 0 Å². The van der Waals surface area contributed by atoms with Crippen LogP contribution in [0.25, 0.3) is 0 Å². The van der Waals surface area contributed by atoms with Gasteiger partial charge in [0.1, 0.15) is 0 Å². The number of allylic oxidation sites excluding steroid dienone is 4. The third kappa shape index (κ3) is 2.20. The Labute approximate surface area is 138 Å². The van der Waals surface area contributed by atoms with Crippen LogP contribution in [0.4, 0.5) is 0 Å². The van der Waals surface area contributed by atoms with E-state index >= 15 is 0 Å². The minimum atomic E-state index is -0.423. The molecule has 126 valence electrons. The van der Waals surface area contributed by atoms with Crippen LogP contribution in [0, 0.1) is 23.2 Å². The Hall–Kier alpha value is -0.900. The van der Waals surface area contributed by atoms with E-state index < -0.39 is 12.2 Å². The Balaban J connectivity index is 1.69. The third-order valence-corrected chi connectivity index (χ3v) is 7.01. The predicted molar refractivity (Wildman–Crippen MR) is 89.6 cm³/mol. The second kappa shape index (κ2) is 5.30. The summed E-state index contributed by atoms with van der Waals surface area (Å²) in [5.41, 5.74) is 3.97. The quantitative estimate of drug-likeness (QED) is 0.652. The largest absolute Gasteiger partial charge is 0.393 e. The lowest BCUT2D eigenvalue weighted by molar-refractivity contribution is 0.00154. The van der Waals surface area contributed by atoms with Gasteiger partial charge in [0.05, 0.1) is 18.3 Å². The lowest BCUT2D eigenvalue weighted by Crippen LogP contribution is -2.45. The van der Waals surface area contributed by atoms with E-state index in [4.69, 9.17) is 0 Å². The van der Waals surface area contributed by atoms with E-state index in [2.05, 4.69) is 25.2 Å². The average molecular weight is 316 g/mol. The summed E-state index contributed by atoms with van der Waals surface area (Å²) in [7, 11) is 0. The molecule has 2 saturated carbocycles. The van der Waals surface area contributed by atoms with Gasteiger partial charge >= 0.3 is 0 Å². The van der Waals surface area contributed by atoms with Crippen molar-refractivity contribution >= 4 is 0 Å². The molecular weight excluding hydrogens is 288 g/mol. The van der Waals surface area contributed by atoms with Crippen LogP contribution in [0.5, 0.6) is 0 Å². The molecule has 3 N–H and O–H groups in total. The summed E-state index contributed by atoms with van der Waals surface area (Å²) < 4.78 is 0. The Bertz CT molecular complexity index is 600. The van der Waals surface area contributed by atoms with E-state index in [-0.39, 0.29) is 17.4 Å². The van der Waals surface area contributed by atoms with Crippen LogP contribution < -0.4 is 0 Å². The zero-order chi connectivity index (χ0) is 16.4. The predicted octanol–water partition coefficient (Wildman–Crippen LogP) is 2.73. The molecule has 4 aliphatic carbocycles. The lowest BCUT2D eigenvalue weighted by atomic mass is 9.55. The Morgan fingerprint density at radius 2 is 2.04 bits per heavy atom. The Morgan fingerprint density at radius 3 is 2.78 bits per heavy atom. The van der Waals surface area contributed by atoms with Crippen LogP contribution in [0.1, 0.15) is 46.0 Å². The van der Waals surface area contributed by atoms with Gasteiger partial charge in [-0.25, -0.2) is 0 Å². The number of hydrogen-bond acceptors (Lipinski definition) is 3. The fraction of sp³-hybridized carbons (Fsp3) is 0.700. The average Bonchev–Trinajstić information content (AvgIpc) is 2.83. The summed E-state index contributed by atoms with van der Waals surface area (Å²) in [6.45, 7) is 4.19. The summed E-state index contributed by atoms with van der Waals surface area (Å²) in [6, 6.07) is 0. The molecule has 0 aromatic carbocycles. The van der Waals surface area contributed by atoms with Gasteiger partial charge in [-0.05, 0) is 55.4 Å². The zero-order valence-corrected chi connectivity index (χ0v) is 14.1. The van der Waals surface area contributed by atoms with E-state index in [0.717, 1.165) is 19.3 Å². The standard InChI is InChI=1S/C20H28O3/c1-11(21)16-5-6-17-14-4-3-12-9-13(22)10-18(23)19(12)15(14)7-8-20(16,17)2/h3-5,11,13,15,17-19,21-23H,6-10H2,1-2H3. The molecule has 7 atom stereocenters. The summed E-state index contributed by atoms with van der Waals surface area (Å²) >= 11 is 0. The zero-order valence-electron chi connectivity index (χ0n) is 14.1. The first-order chi connectivity index (χ1) is 10.9. The van der Waals surface area contributed by atoms with Crippen LogP contribution in [0.15, 0.2) is 34.9 Å². The summed E-state index contributed by atoms with van der Waals surface area (Å²) in [4.78, 5) is 0. The molecule has 7 unspecified atom stereocenters. The molecule has 4 rings (SSSR count). The van der Waals surface area contributed by atoms with Crippen molar-refractivity contribution < 1.29 is 15.3 Å². The molecule has 3 nitrogen and oxygen atoms in total. The minimum Gasteiger partial charge on any atom is -0.393 e. The van der Waals surface area contributed by atoms with Crippen molar-refractivity contribution in [3.8, 4) is 0 Å². The maximum Gasteiger partial charge on any atom is 0.0727 e. The van der Waals surface area contributed by atoms with Gasteiger partial charge in [-0.1, -0.05) is 36.3 Å². The van der Waals surface area contributed by atoms with Crippen LogP contribution in [0.2, 0.25) is 0 Å². The minimum absolute atomic E-state index is 0.0704. The smallest absolute Gasteiger partial charge is 0.0727 e. The molecule has 0 radical (unpaired) electrons. The van der Waals surface area contributed by atoms with Crippen LogP contribution in [-0.4, -0.2) is 33.6 Å². The van der Waals surface area contributed by atoms with E-state index in [1.807, 2.05) is 6.92 Å². The van der Waals surface area contributed by atoms with Gasteiger partial charge in [-0.2, -0.15) is 0 Å². The van der Waals surface area contributed by atoms with E-state index in [1.54, 1.807) is 0 Å². The van der Waals surface area contributed by atoms with Crippen molar-refractivity contribution in [1.82, 2.24) is 0 Å². The molecule has 0 bridgehead atoms. The van der Waals surface area contributed by atoms with E-state index in [9.17, 15) is 15.3 Å². The molecule has 2 fully saturated rings. The number of aliphatic hydroxyl groups excluding tert-OH is 3. The van der Waals surface area contributed by atoms with Gasteiger partial charge < -0.3 is 15.3 Å². The second-order valence-corrected chi connectivity index (χ2v) is 8.28. The molecule has 0 aliphatic heterocycles. The first-order valence-corrected chi connectivity index (χ1v) is 9.07. The van der Waals surface area contributed by atoms with Crippen molar-refractivity contribution in [2.45, 2.75) is 64.3 Å². The van der Waals surface area contributed by atoms with Gasteiger partial charge in [-0.15, -0.1) is 0 Å². The van der Waals surface area contributed by atoms with Crippen LogP contribution >= 0.6 is 0 Å². The summed E-state index contributed by atoms with van der Waals surface area (Å²) in [5, 5.41) is 30.7. The molecule has 3 heteroatoms. The van der Waals surface area contributed by atoms with E-state index in [1.165, 1.54) is 16.7 Å². The molecule has 0 spiro atoms. The lowest BCUT2D eigenvalue weighted by Gasteiger charge is -2.50. The maximum atomic E-state index is 10.6. The van der Waals surface area contributed by atoms with Gasteiger partial charge in [0.15, 0.2) is 0 Å². The second-order valence-electron chi connectivity index (χ2n) is 8.28. The molecule has 0 heterocycles. The molecule has 0 saturated heterocycles. The highest BCUT2D eigenvalue weighted by molar-refractivity contribution is 5.41. The molecular formula is C20H28O3. The molecule has 0 aromatic rings. The Morgan fingerprint density at radius 1 is 1.26 bits per heavy atom. The monoisotopic (exact) mass is 316 g/mol. The number of fused-ring (bicyclic) bond motifs is 5. The fourth-order valence-corrected chi connectivity index (χ4v) is 5.99. The van der Waals surface area contributed by atoms with Crippen LogP contribution in [0.3, 0.4) is 0 Å². The Kier molecular flexibility index (Phi) is 3.60. The number of rotatable bonds is 1. The normalized spacial score (nSPS) is 46.8. The third-order valence-electron chi connectivity index (χ3n) is 7.01. The van der Waals surface area contributed by atoms with Crippen LogP contribution in [-0.2, 0) is 0 Å². The van der Waals surface area contributed by atoms with Crippen molar-refractivity contribution in [3.05, 3.63) is 34.9 Å². The highest BCUT2D eigenvalue weighted by Crippen LogP contribution is 2.60. The van der Waals surface area contributed by atoms with Gasteiger partial charge in [0.2, 0.25) is 0 Å². The van der Waals surface area contributed by atoms with Gasteiger partial charge in [0, 0.05) is 12.3 Å². The molecule has 23 heavy (non-hydrogen) atoms. The van der Waals surface area contributed by atoms with Crippen molar-refractivity contribution in [1.29, 1.82) is 0 Å². The summed E-state index contributed by atoms with van der Waals surface area (Å²) in [6.07, 6.45) is 9.86. The SMILES string of the molecule is CC(O)C1=CCC2C3=CC=C4CC(O)CC(O)C4C3CCC12C. The van der Waals surface area contributed by atoms with Crippen molar-refractivity contribution in [3.63, 3.8) is 0 Å². The number of aliphatic hydroxyl groups is 3. The first-order valence-electron chi connectivity index (χ1n) is 9.07. The first kappa shape index (κ1) is 15.6. The van der Waals surface area contributed by atoms with Crippen molar-refractivity contribution in [2.75, 3.05) is 0 Å². The maximum absolute atomic E-state index is 10.6. The van der Waals surface area contributed by atoms with E-state index in [0.29, 0.717) is 24.7 Å². The summed E-state index contributed by atoms with van der Waals surface area (Å²) in [5.74, 6) is 1.07. The highest BCUT2D eigenvalue weighted by Gasteiger charge is 2.52. The fourth-order valence-electron chi connectivity index (χ4n) is 5.99. The molecule has 0 aromatic heterocycles. The van der Waals surface area contributed by atoms with Crippen molar-refractivity contribution in [2.24, 2.45) is 23.2 Å².